The third-order valence-corrected chi connectivity index (χ3v) is 5.71. The van der Waals surface area contributed by atoms with E-state index in [1.165, 1.54) is 0 Å². The van der Waals surface area contributed by atoms with E-state index in [4.69, 9.17) is 33.2 Å². The van der Waals surface area contributed by atoms with Crippen molar-refractivity contribution in [3.8, 4) is 34.5 Å². The van der Waals surface area contributed by atoms with Crippen LogP contribution in [0, 0.1) is 11.8 Å². The van der Waals surface area contributed by atoms with E-state index in [2.05, 4.69) is 0 Å². The second-order valence-electron chi connectivity index (χ2n) is 7.47. The van der Waals surface area contributed by atoms with Crippen molar-refractivity contribution in [2.24, 2.45) is 11.8 Å². The molecule has 1 saturated heterocycles. The van der Waals surface area contributed by atoms with Gasteiger partial charge in [0.1, 0.15) is 0 Å². The molecule has 0 aliphatic carbocycles. The summed E-state index contributed by atoms with van der Waals surface area (Å²) in [5.41, 5.74) is 1.91. The van der Waals surface area contributed by atoms with E-state index >= 15 is 0 Å². The first-order chi connectivity index (χ1) is 15.1. The van der Waals surface area contributed by atoms with Gasteiger partial charge in [-0.05, 0) is 48.2 Å². The fourth-order valence-corrected chi connectivity index (χ4v) is 4.17. The van der Waals surface area contributed by atoms with E-state index in [1.54, 1.807) is 28.4 Å². The highest BCUT2D eigenvalue weighted by molar-refractivity contribution is 5.75. The van der Waals surface area contributed by atoms with Crippen molar-refractivity contribution in [3.63, 3.8) is 0 Å². The summed E-state index contributed by atoms with van der Waals surface area (Å²) >= 11 is 0. The molecule has 1 fully saturated rings. The number of esters is 1. The van der Waals surface area contributed by atoms with Crippen LogP contribution in [0.1, 0.15) is 11.1 Å². The van der Waals surface area contributed by atoms with Crippen molar-refractivity contribution in [3.05, 3.63) is 35.4 Å². The maximum atomic E-state index is 12.5. The Morgan fingerprint density at radius 2 is 1.45 bits per heavy atom. The number of methoxy groups -OCH3 is 4. The summed E-state index contributed by atoms with van der Waals surface area (Å²) < 4.78 is 38.1. The van der Waals surface area contributed by atoms with Crippen LogP contribution in [0.3, 0.4) is 0 Å². The molecular formula is C23H26O8. The van der Waals surface area contributed by atoms with E-state index in [0.29, 0.717) is 53.9 Å². The maximum Gasteiger partial charge on any atom is 0.309 e. The average molecular weight is 430 g/mol. The lowest BCUT2D eigenvalue weighted by Gasteiger charge is -2.18. The molecule has 8 heteroatoms. The first kappa shape index (κ1) is 21.0. The Labute approximate surface area is 180 Å². The van der Waals surface area contributed by atoms with Gasteiger partial charge < -0.3 is 33.2 Å². The fraction of sp³-hybridized carbons (Fsp3) is 0.435. The first-order valence-electron chi connectivity index (χ1n) is 10.00. The molecule has 0 radical (unpaired) electrons. The third kappa shape index (κ3) is 4.02. The predicted octanol–water partition coefficient (Wildman–Crippen LogP) is 3.02. The van der Waals surface area contributed by atoms with Gasteiger partial charge in [-0.3, -0.25) is 4.79 Å². The monoisotopic (exact) mass is 430 g/mol. The molecule has 0 saturated carbocycles. The molecule has 31 heavy (non-hydrogen) atoms. The number of cyclic esters (lactones) is 1. The maximum absolute atomic E-state index is 12.5. The van der Waals surface area contributed by atoms with Gasteiger partial charge in [0.2, 0.25) is 18.3 Å². The number of carbonyl (C=O) groups is 1. The fourth-order valence-electron chi connectivity index (χ4n) is 4.17. The van der Waals surface area contributed by atoms with E-state index in [0.717, 1.165) is 11.1 Å². The summed E-state index contributed by atoms with van der Waals surface area (Å²) in [5.74, 6) is 3.04. The first-order valence-corrected chi connectivity index (χ1v) is 10.00. The van der Waals surface area contributed by atoms with Gasteiger partial charge in [0, 0.05) is 5.92 Å². The quantitative estimate of drug-likeness (QED) is 0.591. The number of benzene rings is 2. The van der Waals surface area contributed by atoms with Gasteiger partial charge in [0.15, 0.2) is 23.0 Å². The highest BCUT2D eigenvalue weighted by Crippen LogP contribution is 2.43. The van der Waals surface area contributed by atoms with Crippen LogP contribution in [0.5, 0.6) is 34.5 Å². The van der Waals surface area contributed by atoms with E-state index in [9.17, 15) is 4.79 Å². The Hall–Kier alpha value is -3.29. The second-order valence-corrected chi connectivity index (χ2v) is 7.47. The molecule has 2 aromatic carbocycles. The van der Waals surface area contributed by atoms with Crippen molar-refractivity contribution in [1.29, 1.82) is 0 Å². The molecule has 2 aliphatic heterocycles. The summed E-state index contributed by atoms with van der Waals surface area (Å²) in [7, 11) is 6.32. The normalized spacial score (nSPS) is 19.2. The number of rotatable bonds is 8. The summed E-state index contributed by atoms with van der Waals surface area (Å²) in [6.45, 7) is 0.520. The van der Waals surface area contributed by atoms with Crippen molar-refractivity contribution >= 4 is 5.97 Å². The zero-order valence-electron chi connectivity index (χ0n) is 18.1. The minimum atomic E-state index is -0.288. The van der Waals surface area contributed by atoms with Crippen LogP contribution in [0.4, 0.5) is 0 Å². The average Bonchev–Trinajstić information content (AvgIpc) is 3.39. The molecule has 4 rings (SSSR count). The van der Waals surface area contributed by atoms with Gasteiger partial charge in [-0.15, -0.1) is 0 Å². The van der Waals surface area contributed by atoms with Gasteiger partial charge in [-0.2, -0.15) is 0 Å². The highest BCUT2D eigenvalue weighted by Gasteiger charge is 2.37. The van der Waals surface area contributed by atoms with Crippen molar-refractivity contribution < 1.29 is 38.0 Å². The Morgan fingerprint density at radius 1 is 0.806 bits per heavy atom. The van der Waals surface area contributed by atoms with Crippen LogP contribution < -0.4 is 28.4 Å². The van der Waals surface area contributed by atoms with Gasteiger partial charge in [0.05, 0.1) is 41.0 Å². The Bertz CT molecular complexity index is 945. The number of fused-ring (bicyclic) bond motifs is 1. The lowest BCUT2D eigenvalue weighted by atomic mass is 9.85. The second kappa shape index (κ2) is 8.83. The summed E-state index contributed by atoms with van der Waals surface area (Å²) in [6.07, 6.45) is 1.15. The number of ether oxygens (including phenoxy) is 7. The zero-order chi connectivity index (χ0) is 22.0. The van der Waals surface area contributed by atoms with E-state index in [1.807, 2.05) is 24.3 Å². The van der Waals surface area contributed by atoms with Gasteiger partial charge in [0.25, 0.3) is 0 Å². The topological polar surface area (TPSA) is 81.7 Å². The third-order valence-electron chi connectivity index (χ3n) is 5.71. The molecule has 2 unspecified atom stereocenters. The van der Waals surface area contributed by atoms with Crippen molar-refractivity contribution in [1.82, 2.24) is 0 Å². The van der Waals surface area contributed by atoms with Crippen LogP contribution >= 0.6 is 0 Å². The molecule has 2 atom stereocenters. The van der Waals surface area contributed by atoms with Crippen molar-refractivity contribution in [2.75, 3.05) is 41.8 Å². The molecule has 166 valence electrons. The highest BCUT2D eigenvalue weighted by atomic mass is 16.7. The molecule has 0 amide bonds. The van der Waals surface area contributed by atoms with Gasteiger partial charge in [-0.1, -0.05) is 0 Å². The van der Waals surface area contributed by atoms with Crippen LogP contribution in [-0.2, 0) is 22.4 Å². The number of hydrogen-bond acceptors (Lipinski definition) is 8. The Morgan fingerprint density at radius 3 is 2.10 bits per heavy atom. The smallest absolute Gasteiger partial charge is 0.309 e. The number of hydrogen-bond donors (Lipinski definition) is 0. The summed E-state index contributed by atoms with van der Waals surface area (Å²) in [4.78, 5) is 12.5. The molecule has 0 bridgehead atoms. The Balaban J connectivity index is 1.57. The van der Waals surface area contributed by atoms with Crippen LogP contribution in [0.2, 0.25) is 0 Å². The molecule has 0 N–H and O–H groups in total. The van der Waals surface area contributed by atoms with Crippen LogP contribution in [-0.4, -0.2) is 47.8 Å². The Kier molecular flexibility index (Phi) is 5.97. The van der Waals surface area contributed by atoms with E-state index in [-0.39, 0.29) is 24.6 Å². The van der Waals surface area contributed by atoms with Gasteiger partial charge >= 0.3 is 5.97 Å². The minimum absolute atomic E-state index is 0.00623. The molecule has 2 aliphatic rings. The summed E-state index contributed by atoms with van der Waals surface area (Å²) in [6, 6.07) is 7.60. The molecule has 0 spiro atoms. The van der Waals surface area contributed by atoms with Crippen molar-refractivity contribution in [2.45, 2.75) is 12.8 Å². The van der Waals surface area contributed by atoms with Gasteiger partial charge in [-0.25, -0.2) is 0 Å². The van der Waals surface area contributed by atoms with Crippen LogP contribution in [0.25, 0.3) is 0 Å². The zero-order valence-corrected chi connectivity index (χ0v) is 18.1. The lowest BCUT2D eigenvalue weighted by Crippen LogP contribution is -2.20. The summed E-state index contributed by atoms with van der Waals surface area (Å²) in [5, 5.41) is 0. The largest absolute Gasteiger partial charge is 0.493 e. The molecular weight excluding hydrogens is 404 g/mol. The standard InChI is InChI=1S/C23H26O8/c1-25-17-7-13(8-18(26-2)21(17)28-4)5-15-11-29-23(24)16(15)6-14-9-19(27-3)22-20(10-14)30-12-31-22/h7-10,15-16H,5-6,11-12H2,1-4H3. The van der Waals surface area contributed by atoms with Crippen LogP contribution in [0.15, 0.2) is 24.3 Å². The SMILES string of the molecule is COc1cc(CC2COC(=O)C2Cc2cc(OC)c3c(c2)OCO3)cc(OC)c1OC. The lowest BCUT2D eigenvalue weighted by molar-refractivity contribution is -0.141. The number of carbonyl (C=O) groups excluding carboxylic acids is 1. The molecule has 8 nitrogen and oxygen atoms in total. The molecule has 2 aromatic rings. The van der Waals surface area contributed by atoms with E-state index < -0.39 is 0 Å². The minimum Gasteiger partial charge on any atom is -0.493 e. The predicted molar refractivity (Wildman–Crippen MR) is 111 cm³/mol. The molecule has 2 heterocycles. The molecule has 0 aromatic heterocycles.